The van der Waals surface area contributed by atoms with Crippen molar-refractivity contribution in [3.8, 4) is 0 Å². The van der Waals surface area contributed by atoms with Crippen LogP contribution in [0.5, 0.6) is 0 Å². The van der Waals surface area contributed by atoms with E-state index >= 15 is 0 Å². The third-order valence-corrected chi connectivity index (χ3v) is 2.48. The number of aliphatic hydroxyl groups is 1. The first kappa shape index (κ1) is 15.6. The van der Waals surface area contributed by atoms with Crippen molar-refractivity contribution in [2.75, 3.05) is 0 Å². The number of amides is 1. The molecule has 2 N–H and O–H groups in total. The van der Waals surface area contributed by atoms with E-state index in [1.807, 2.05) is 20.8 Å². The quantitative estimate of drug-likeness (QED) is 0.884. The zero-order valence-electron chi connectivity index (χ0n) is 11.3. The van der Waals surface area contributed by atoms with E-state index in [0.29, 0.717) is 0 Å². The smallest absolute Gasteiger partial charge is 0.220 e. The highest BCUT2D eigenvalue weighted by Gasteiger charge is 2.18. The molecule has 106 valence electrons. The minimum atomic E-state index is -1.19. The van der Waals surface area contributed by atoms with Gasteiger partial charge in [-0.15, -0.1) is 0 Å². The number of rotatable bonds is 4. The van der Waals surface area contributed by atoms with Gasteiger partial charge in [0.1, 0.15) is 11.6 Å². The van der Waals surface area contributed by atoms with Gasteiger partial charge in [0.2, 0.25) is 5.91 Å². The molecule has 1 aromatic rings. The zero-order chi connectivity index (χ0) is 14.6. The van der Waals surface area contributed by atoms with Gasteiger partial charge in [-0.2, -0.15) is 0 Å². The van der Waals surface area contributed by atoms with Gasteiger partial charge in [0.05, 0.1) is 6.10 Å². The fourth-order valence-corrected chi connectivity index (χ4v) is 1.67. The van der Waals surface area contributed by atoms with Crippen LogP contribution in [0.1, 0.15) is 45.3 Å². The fraction of sp³-hybridized carbons (Fsp3) is 0.500. The van der Waals surface area contributed by atoms with Crippen LogP contribution in [0, 0.1) is 11.6 Å². The lowest BCUT2D eigenvalue weighted by atomic mass is 10.0. The second kappa shape index (κ2) is 6.10. The van der Waals surface area contributed by atoms with Crippen LogP contribution < -0.4 is 5.32 Å². The average molecular weight is 271 g/mol. The van der Waals surface area contributed by atoms with Crippen molar-refractivity contribution in [2.24, 2.45) is 0 Å². The summed E-state index contributed by atoms with van der Waals surface area (Å²) in [6.45, 7) is 5.52. The lowest BCUT2D eigenvalue weighted by molar-refractivity contribution is -0.123. The lowest BCUT2D eigenvalue weighted by Crippen LogP contribution is -2.40. The van der Waals surface area contributed by atoms with Gasteiger partial charge >= 0.3 is 0 Å². The van der Waals surface area contributed by atoms with Gasteiger partial charge in [0, 0.05) is 17.5 Å². The first-order valence-electron chi connectivity index (χ1n) is 6.13. The van der Waals surface area contributed by atoms with Crippen LogP contribution in [0.15, 0.2) is 18.2 Å². The maximum absolute atomic E-state index is 13.4. The average Bonchev–Trinajstić information content (AvgIpc) is 2.27. The number of nitrogens with one attached hydrogen (secondary N) is 1. The molecule has 0 saturated carbocycles. The van der Waals surface area contributed by atoms with Crippen molar-refractivity contribution in [3.63, 3.8) is 0 Å². The van der Waals surface area contributed by atoms with E-state index in [1.165, 1.54) is 0 Å². The van der Waals surface area contributed by atoms with Crippen LogP contribution in [-0.4, -0.2) is 16.6 Å². The van der Waals surface area contributed by atoms with E-state index in [4.69, 9.17) is 0 Å². The lowest BCUT2D eigenvalue weighted by Gasteiger charge is -2.21. The van der Waals surface area contributed by atoms with Crippen LogP contribution in [0.4, 0.5) is 8.78 Å². The number of hydrogen-bond donors (Lipinski definition) is 2. The molecular weight excluding hydrogens is 252 g/mol. The topological polar surface area (TPSA) is 49.3 Å². The highest BCUT2D eigenvalue weighted by molar-refractivity contribution is 5.76. The van der Waals surface area contributed by atoms with Gasteiger partial charge in [-0.05, 0) is 45.4 Å². The first-order chi connectivity index (χ1) is 8.69. The van der Waals surface area contributed by atoms with Crippen molar-refractivity contribution < 1.29 is 18.7 Å². The van der Waals surface area contributed by atoms with Gasteiger partial charge in [-0.1, -0.05) is 0 Å². The molecule has 0 aliphatic rings. The molecule has 0 aliphatic carbocycles. The van der Waals surface area contributed by atoms with Crippen LogP contribution in [0.25, 0.3) is 0 Å². The highest BCUT2D eigenvalue weighted by atomic mass is 19.1. The molecular formula is C14H19F2NO2. The second-order valence-electron chi connectivity index (χ2n) is 5.52. The largest absolute Gasteiger partial charge is 0.388 e. The number of hydrogen-bond acceptors (Lipinski definition) is 2. The number of aliphatic hydroxyl groups excluding tert-OH is 1. The molecule has 0 aromatic heterocycles. The minimum absolute atomic E-state index is 0.0439. The third kappa shape index (κ3) is 5.34. The molecule has 0 aliphatic heterocycles. The predicted octanol–water partition coefficient (Wildman–Crippen LogP) is 2.69. The Hall–Kier alpha value is -1.49. The van der Waals surface area contributed by atoms with Gasteiger partial charge in [0.25, 0.3) is 0 Å². The maximum Gasteiger partial charge on any atom is 0.220 e. The van der Waals surface area contributed by atoms with Gasteiger partial charge in [-0.3, -0.25) is 4.79 Å². The van der Waals surface area contributed by atoms with Gasteiger partial charge in [0.15, 0.2) is 0 Å². The summed E-state index contributed by atoms with van der Waals surface area (Å²) in [6.07, 6.45) is -1.10. The number of carbonyl (C=O) groups excluding carboxylic acids is 1. The molecule has 1 amide bonds. The predicted molar refractivity (Wildman–Crippen MR) is 68.4 cm³/mol. The standard InChI is InChI=1S/C14H19F2NO2/c1-14(2,3)17-13(19)7-6-12(18)10-8-9(15)4-5-11(10)16/h4-5,8,12,18H,6-7H2,1-3H3,(H,17,19). The molecule has 1 aromatic carbocycles. The molecule has 19 heavy (non-hydrogen) atoms. The molecule has 1 unspecified atom stereocenters. The molecule has 1 atom stereocenters. The molecule has 1 rings (SSSR count). The Labute approximate surface area is 111 Å². The van der Waals surface area contributed by atoms with Crippen LogP contribution in [0.2, 0.25) is 0 Å². The number of benzene rings is 1. The van der Waals surface area contributed by atoms with Crippen LogP contribution in [0.3, 0.4) is 0 Å². The number of carbonyl (C=O) groups is 1. The Morgan fingerprint density at radius 3 is 2.58 bits per heavy atom. The molecule has 0 radical (unpaired) electrons. The van der Waals surface area contributed by atoms with Crippen molar-refractivity contribution in [1.29, 1.82) is 0 Å². The van der Waals surface area contributed by atoms with Gasteiger partial charge < -0.3 is 10.4 Å². The van der Waals surface area contributed by atoms with E-state index in [0.717, 1.165) is 18.2 Å². The van der Waals surface area contributed by atoms with Crippen molar-refractivity contribution in [3.05, 3.63) is 35.4 Å². The summed E-state index contributed by atoms with van der Waals surface area (Å²) in [7, 11) is 0. The Kier molecular flexibility index (Phi) is 5.00. The summed E-state index contributed by atoms with van der Waals surface area (Å²) in [5.74, 6) is -1.52. The Morgan fingerprint density at radius 2 is 2.00 bits per heavy atom. The van der Waals surface area contributed by atoms with E-state index in [1.54, 1.807) is 0 Å². The number of halogens is 2. The molecule has 0 saturated heterocycles. The molecule has 0 heterocycles. The van der Waals surface area contributed by atoms with E-state index in [9.17, 15) is 18.7 Å². The summed E-state index contributed by atoms with van der Waals surface area (Å²) in [6, 6.07) is 2.89. The molecule has 3 nitrogen and oxygen atoms in total. The molecule has 0 spiro atoms. The van der Waals surface area contributed by atoms with Crippen molar-refractivity contribution in [1.82, 2.24) is 5.32 Å². The highest BCUT2D eigenvalue weighted by Crippen LogP contribution is 2.22. The van der Waals surface area contributed by atoms with Crippen LogP contribution in [-0.2, 0) is 4.79 Å². The Balaban J connectivity index is 2.58. The Bertz CT molecular complexity index is 455. The molecule has 0 fully saturated rings. The summed E-state index contributed by atoms with van der Waals surface area (Å²) in [4.78, 5) is 11.6. The monoisotopic (exact) mass is 271 g/mol. The Morgan fingerprint density at radius 1 is 1.37 bits per heavy atom. The normalized spacial score (nSPS) is 13.2. The van der Waals surface area contributed by atoms with E-state index < -0.39 is 17.7 Å². The van der Waals surface area contributed by atoms with E-state index in [-0.39, 0.29) is 29.9 Å². The maximum atomic E-state index is 13.4. The minimum Gasteiger partial charge on any atom is -0.388 e. The molecule has 5 heteroatoms. The zero-order valence-corrected chi connectivity index (χ0v) is 11.3. The summed E-state index contributed by atoms with van der Waals surface area (Å²) >= 11 is 0. The summed E-state index contributed by atoms with van der Waals surface area (Å²) < 4.78 is 26.4. The first-order valence-corrected chi connectivity index (χ1v) is 6.13. The summed E-state index contributed by atoms with van der Waals surface area (Å²) in [5.41, 5.74) is -0.477. The van der Waals surface area contributed by atoms with Crippen molar-refractivity contribution >= 4 is 5.91 Å². The van der Waals surface area contributed by atoms with E-state index in [2.05, 4.69) is 5.32 Å². The third-order valence-electron chi connectivity index (χ3n) is 2.48. The molecule has 0 bridgehead atoms. The van der Waals surface area contributed by atoms with Crippen molar-refractivity contribution in [2.45, 2.75) is 45.3 Å². The van der Waals surface area contributed by atoms with Gasteiger partial charge in [-0.25, -0.2) is 8.78 Å². The fourth-order valence-electron chi connectivity index (χ4n) is 1.67. The van der Waals surface area contributed by atoms with Crippen LogP contribution >= 0.6 is 0 Å². The second-order valence-corrected chi connectivity index (χ2v) is 5.52. The summed E-state index contributed by atoms with van der Waals surface area (Å²) in [5, 5.41) is 12.5. The SMILES string of the molecule is CC(C)(C)NC(=O)CCC(O)c1cc(F)ccc1F.